The van der Waals surface area contributed by atoms with Crippen LogP contribution in [0.25, 0.3) is 28.2 Å². The van der Waals surface area contributed by atoms with Gasteiger partial charge in [-0.25, -0.2) is 4.79 Å². The van der Waals surface area contributed by atoms with E-state index in [4.69, 9.17) is 20.8 Å². The summed E-state index contributed by atoms with van der Waals surface area (Å²) in [5.74, 6) is 0.645. The van der Waals surface area contributed by atoms with Crippen LogP contribution in [0.5, 0.6) is 5.75 Å². The molecular formula is C25H19ClO3. The molecule has 144 valence electrons. The van der Waals surface area contributed by atoms with Crippen molar-refractivity contribution in [3.05, 3.63) is 105 Å². The Morgan fingerprint density at radius 2 is 1.76 bits per heavy atom. The molecule has 3 aromatic carbocycles. The van der Waals surface area contributed by atoms with Crippen LogP contribution in [-0.2, 0) is 6.61 Å². The third kappa shape index (κ3) is 3.96. The van der Waals surface area contributed by atoms with Gasteiger partial charge in [-0.1, -0.05) is 60.7 Å². The highest BCUT2D eigenvalue weighted by molar-refractivity contribution is 6.30. The Kier molecular flexibility index (Phi) is 5.24. The molecular weight excluding hydrogens is 384 g/mol. The van der Waals surface area contributed by atoms with E-state index < -0.39 is 0 Å². The molecule has 0 bridgehead atoms. The molecule has 0 aliphatic carbocycles. The van der Waals surface area contributed by atoms with Gasteiger partial charge in [0, 0.05) is 16.5 Å². The lowest BCUT2D eigenvalue weighted by Gasteiger charge is -2.11. The van der Waals surface area contributed by atoms with Gasteiger partial charge >= 0.3 is 5.63 Å². The Morgan fingerprint density at radius 3 is 2.45 bits per heavy atom. The van der Waals surface area contributed by atoms with Crippen LogP contribution < -0.4 is 10.4 Å². The van der Waals surface area contributed by atoms with Gasteiger partial charge in [-0.2, -0.15) is 0 Å². The van der Waals surface area contributed by atoms with Gasteiger partial charge in [-0.05, 0) is 53.4 Å². The second kappa shape index (κ2) is 7.98. The van der Waals surface area contributed by atoms with Crippen LogP contribution in [0.15, 0.2) is 82.5 Å². The summed E-state index contributed by atoms with van der Waals surface area (Å²) in [5.41, 5.74) is 4.43. The Balaban J connectivity index is 1.64. The van der Waals surface area contributed by atoms with E-state index in [0.717, 1.165) is 27.6 Å². The van der Waals surface area contributed by atoms with Gasteiger partial charge in [0.05, 0.1) is 5.56 Å². The molecule has 0 N–H and O–H groups in total. The smallest absolute Gasteiger partial charge is 0.344 e. The lowest BCUT2D eigenvalue weighted by molar-refractivity contribution is 0.306. The molecule has 0 saturated carbocycles. The van der Waals surface area contributed by atoms with Gasteiger partial charge in [0.15, 0.2) is 0 Å². The van der Waals surface area contributed by atoms with Crippen LogP contribution in [0.4, 0.5) is 0 Å². The van der Waals surface area contributed by atoms with E-state index in [1.165, 1.54) is 0 Å². The summed E-state index contributed by atoms with van der Waals surface area (Å²) in [6, 6.07) is 20.7. The molecule has 4 aromatic rings. The second-order valence-corrected chi connectivity index (χ2v) is 7.23. The average molecular weight is 403 g/mol. The number of aryl methyl sites for hydroxylation is 1. The van der Waals surface area contributed by atoms with Crippen LogP contribution >= 0.6 is 11.6 Å². The summed E-state index contributed by atoms with van der Waals surface area (Å²) in [4.78, 5) is 12.6. The number of benzene rings is 3. The maximum absolute atomic E-state index is 12.6. The fourth-order valence-corrected chi connectivity index (χ4v) is 3.42. The lowest BCUT2D eigenvalue weighted by Crippen LogP contribution is -2.06. The Labute approximate surface area is 173 Å². The first-order valence-corrected chi connectivity index (χ1v) is 9.60. The molecule has 0 radical (unpaired) electrons. The molecule has 0 aliphatic rings. The Bertz CT molecular complexity index is 1240. The third-order valence-corrected chi connectivity index (χ3v) is 5.14. The van der Waals surface area contributed by atoms with E-state index >= 15 is 0 Å². The molecule has 4 rings (SSSR count). The van der Waals surface area contributed by atoms with Gasteiger partial charge in [0.1, 0.15) is 17.9 Å². The summed E-state index contributed by atoms with van der Waals surface area (Å²) in [5, 5.41) is 1.50. The minimum Gasteiger partial charge on any atom is -0.489 e. The zero-order valence-corrected chi connectivity index (χ0v) is 16.7. The molecule has 0 saturated heterocycles. The van der Waals surface area contributed by atoms with Crippen LogP contribution in [0, 0.1) is 6.92 Å². The number of halogens is 1. The predicted octanol–water partition coefficient (Wildman–Crippen LogP) is 6.64. The highest BCUT2D eigenvalue weighted by atomic mass is 35.5. The van der Waals surface area contributed by atoms with Crippen molar-refractivity contribution in [2.75, 3.05) is 0 Å². The number of ether oxygens (including phenoxy) is 1. The third-order valence-electron chi connectivity index (χ3n) is 4.89. The summed E-state index contributed by atoms with van der Waals surface area (Å²) in [7, 11) is 0. The summed E-state index contributed by atoms with van der Waals surface area (Å²) < 4.78 is 11.5. The van der Waals surface area contributed by atoms with Crippen molar-refractivity contribution in [2.24, 2.45) is 0 Å². The van der Waals surface area contributed by atoms with E-state index in [0.29, 0.717) is 28.5 Å². The normalized spacial score (nSPS) is 10.8. The highest BCUT2D eigenvalue weighted by Crippen LogP contribution is 2.29. The van der Waals surface area contributed by atoms with Crippen molar-refractivity contribution in [1.82, 2.24) is 0 Å². The van der Waals surface area contributed by atoms with Gasteiger partial charge in [-0.3, -0.25) is 0 Å². The second-order valence-electron chi connectivity index (χ2n) is 6.79. The largest absolute Gasteiger partial charge is 0.489 e. The molecule has 0 unspecified atom stereocenters. The zero-order valence-electron chi connectivity index (χ0n) is 15.9. The van der Waals surface area contributed by atoms with E-state index in [2.05, 4.69) is 6.58 Å². The summed E-state index contributed by atoms with van der Waals surface area (Å²) >= 11 is 5.96. The van der Waals surface area contributed by atoms with Gasteiger partial charge in [0.25, 0.3) is 0 Å². The molecule has 0 spiro atoms. The number of hydrogen-bond acceptors (Lipinski definition) is 3. The van der Waals surface area contributed by atoms with E-state index in [1.54, 1.807) is 24.3 Å². The van der Waals surface area contributed by atoms with Crippen molar-refractivity contribution >= 4 is 28.6 Å². The first-order chi connectivity index (χ1) is 14.0. The topological polar surface area (TPSA) is 39.4 Å². The fourth-order valence-electron chi connectivity index (χ4n) is 3.29. The van der Waals surface area contributed by atoms with E-state index in [1.807, 2.05) is 55.5 Å². The van der Waals surface area contributed by atoms with Crippen molar-refractivity contribution in [3.8, 4) is 16.9 Å². The highest BCUT2D eigenvalue weighted by Gasteiger charge is 2.14. The van der Waals surface area contributed by atoms with Gasteiger partial charge in [0.2, 0.25) is 0 Å². The van der Waals surface area contributed by atoms with Crippen molar-refractivity contribution in [2.45, 2.75) is 13.5 Å². The Hall–Kier alpha value is -3.30. The van der Waals surface area contributed by atoms with Crippen LogP contribution in [-0.4, -0.2) is 0 Å². The summed E-state index contributed by atoms with van der Waals surface area (Å²) in [6.07, 6.45) is 1.80. The maximum atomic E-state index is 12.6. The lowest BCUT2D eigenvalue weighted by atomic mass is 10.00. The van der Waals surface area contributed by atoms with Crippen molar-refractivity contribution < 1.29 is 9.15 Å². The fraction of sp³-hybridized carbons (Fsp3) is 0.0800. The van der Waals surface area contributed by atoms with Crippen molar-refractivity contribution in [1.29, 1.82) is 0 Å². The molecule has 29 heavy (non-hydrogen) atoms. The zero-order chi connectivity index (χ0) is 20.4. The van der Waals surface area contributed by atoms with Crippen molar-refractivity contribution in [3.63, 3.8) is 0 Å². The first-order valence-electron chi connectivity index (χ1n) is 9.23. The predicted molar refractivity (Wildman–Crippen MR) is 119 cm³/mol. The van der Waals surface area contributed by atoms with Gasteiger partial charge in [-0.15, -0.1) is 0 Å². The molecule has 1 aromatic heterocycles. The molecule has 4 heteroatoms. The molecule has 0 aliphatic heterocycles. The monoisotopic (exact) mass is 402 g/mol. The average Bonchev–Trinajstić information content (AvgIpc) is 2.73. The number of fused-ring (bicyclic) bond motifs is 1. The standard InChI is InChI=1S/C25H19ClO3/c1-3-17-4-6-18(7-5-17)15-28-21-12-13-22-16(2)24(25(27)29-23(22)14-21)19-8-10-20(26)11-9-19/h3-14H,1,15H2,2H3. The molecule has 3 nitrogen and oxygen atoms in total. The first kappa shape index (κ1) is 19.0. The van der Waals surface area contributed by atoms with Gasteiger partial charge < -0.3 is 9.15 Å². The molecule has 0 fully saturated rings. The molecule has 1 heterocycles. The van der Waals surface area contributed by atoms with Crippen LogP contribution in [0.1, 0.15) is 16.7 Å². The minimum absolute atomic E-state index is 0.380. The SMILES string of the molecule is C=Cc1ccc(COc2ccc3c(C)c(-c4ccc(Cl)cc4)c(=O)oc3c2)cc1. The molecule has 0 amide bonds. The quantitative estimate of drug-likeness (QED) is 0.351. The number of rotatable bonds is 5. The van der Waals surface area contributed by atoms with E-state index in [-0.39, 0.29) is 5.63 Å². The van der Waals surface area contributed by atoms with E-state index in [9.17, 15) is 4.79 Å². The maximum Gasteiger partial charge on any atom is 0.344 e. The molecule has 0 atom stereocenters. The summed E-state index contributed by atoms with van der Waals surface area (Å²) in [6.45, 7) is 6.10. The Morgan fingerprint density at radius 1 is 1.03 bits per heavy atom. The number of hydrogen-bond donors (Lipinski definition) is 0. The van der Waals surface area contributed by atoms with Crippen LogP contribution in [0.2, 0.25) is 5.02 Å². The van der Waals surface area contributed by atoms with Crippen LogP contribution in [0.3, 0.4) is 0 Å². The minimum atomic E-state index is -0.380.